The second kappa shape index (κ2) is 11.3. The lowest BCUT2D eigenvalue weighted by Gasteiger charge is -2.34. The molecule has 3 amide bonds. The first-order valence-corrected chi connectivity index (χ1v) is 12.3. The Morgan fingerprint density at radius 2 is 1.64 bits per heavy atom. The average Bonchev–Trinajstić information content (AvgIpc) is 3.31. The largest absolute Gasteiger partial charge is 0.452 e. The number of nitrogens with one attached hydrogen (secondary N) is 1. The number of benzene rings is 2. The van der Waals surface area contributed by atoms with Crippen molar-refractivity contribution in [2.75, 3.05) is 56.1 Å². The van der Waals surface area contributed by atoms with Crippen molar-refractivity contribution >= 4 is 35.1 Å². The summed E-state index contributed by atoms with van der Waals surface area (Å²) in [5, 5.41) is 2.99. The van der Waals surface area contributed by atoms with Crippen LogP contribution in [0.3, 0.4) is 0 Å². The highest BCUT2D eigenvalue weighted by molar-refractivity contribution is 5.98. The van der Waals surface area contributed by atoms with Gasteiger partial charge in [-0.2, -0.15) is 0 Å². The molecular weight excluding hydrogens is 460 g/mol. The second-order valence-electron chi connectivity index (χ2n) is 9.25. The fraction of sp³-hybridized carbons (Fsp3) is 0.407. The maximum absolute atomic E-state index is 12.6. The smallest absolute Gasteiger partial charge is 0.338 e. The van der Waals surface area contributed by atoms with Crippen LogP contribution in [0.4, 0.5) is 11.4 Å². The van der Waals surface area contributed by atoms with Crippen LogP contribution >= 0.6 is 0 Å². The Kier molecular flexibility index (Phi) is 8.00. The normalized spacial score (nSPS) is 16.2. The van der Waals surface area contributed by atoms with Crippen molar-refractivity contribution in [3.63, 3.8) is 0 Å². The summed E-state index contributed by atoms with van der Waals surface area (Å²) in [6.07, 6.45) is 1.31. The zero-order chi connectivity index (χ0) is 25.7. The zero-order valence-corrected chi connectivity index (χ0v) is 20.8. The number of nitrogens with zero attached hydrogens (tertiary/aromatic N) is 3. The van der Waals surface area contributed by atoms with Gasteiger partial charge in [0.05, 0.1) is 12.1 Å². The van der Waals surface area contributed by atoms with Crippen LogP contribution in [0.15, 0.2) is 42.5 Å². The molecule has 1 N–H and O–H groups in total. The van der Waals surface area contributed by atoms with Crippen molar-refractivity contribution in [2.45, 2.75) is 26.7 Å². The third kappa shape index (κ3) is 6.09. The van der Waals surface area contributed by atoms with Gasteiger partial charge in [0, 0.05) is 50.5 Å². The van der Waals surface area contributed by atoms with Crippen molar-refractivity contribution in [3.8, 4) is 0 Å². The summed E-state index contributed by atoms with van der Waals surface area (Å²) in [4.78, 5) is 54.9. The molecule has 0 saturated carbocycles. The molecule has 0 atom stereocenters. The SMILES string of the molecule is Cc1cccc(C)c1NC(=O)CN1CCN(C(=O)COC(=O)c2cccc(N3CCCC3=O)c2)CC1. The molecule has 4 rings (SSSR count). The van der Waals surface area contributed by atoms with E-state index in [1.165, 1.54) is 0 Å². The summed E-state index contributed by atoms with van der Waals surface area (Å²) in [7, 11) is 0. The van der Waals surface area contributed by atoms with Crippen LogP contribution in [0.1, 0.15) is 34.3 Å². The predicted molar refractivity (Wildman–Crippen MR) is 136 cm³/mol. The minimum atomic E-state index is -0.598. The fourth-order valence-electron chi connectivity index (χ4n) is 4.57. The van der Waals surface area contributed by atoms with Crippen molar-refractivity contribution in [1.29, 1.82) is 0 Å². The summed E-state index contributed by atoms with van der Waals surface area (Å²) in [6.45, 7) is 6.50. The van der Waals surface area contributed by atoms with Crippen molar-refractivity contribution < 1.29 is 23.9 Å². The van der Waals surface area contributed by atoms with Gasteiger partial charge < -0.3 is 19.9 Å². The number of anilines is 2. The van der Waals surface area contributed by atoms with E-state index in [4.69, 9.17) is 4.74 Å². The Labute approximate surface area is 211 Å². The molecule has 2 aromatic carbocycles. The molecule has 0 aromatic heterocycles. The molecule has 0 unspecified atom stereocenters. The molecule has 36 heavy (non-hydrogen) atoms. The van der Waals surface area contributed by atoms with Crippen LogP contribution in [-0.4, -0.2) is 79.4 Å². The molecule has 9 nitrogen and oxygen atoms in total. The molecule has 2 saturated heterocycles. The number of hydrogen-bond donors (Lipinski definition) is 1. The third-order valence-corrected chi connectivity index (χ3v) is 6.63. The Morgan fingerprint density at radius 1 is 0.944 bits per heavy atom. The van der Waals surface area contributed by atoms with Crippen LogP contribution in [0, 0.1) is 13.8 Å². The van der Waals surface area contributed by atoms with Gasteiger partial charge in [-0.1, -0.05) is 24.3 Å². The molecule has 2 heterocycles. The van der Waals surface area contributed by atoms with Crippen molar-refractivity contribution in [2.24, 2.45) is 0 Å². The first-order chi connectivity index (χ1) is 17.3. The quantitative estimate of drug-likeness (QED) is 0.596. The Hall–Kier alpha value is -3.72. The first-order valence-electron chi connectivity index (χ1n) is 12.3. The van der Waals surface area contributed by atoms with Gasteiger partial charge in [0.15, 0.2) is 6.61 Å². The highest BCUT2D eigenvalue weighted by Gasteiger charge is 2.25. The molecule has 190 valence electrons. The third-order valence-electron chi connectivity index (χ3n) is 6.63. The number of carbonyl (C=O) groups excluding carboxylic acids is 4. The highest BCUT2D eigenvalue weighted by Crippen LogP contribution is 2.23. The van der Waals surface area contributed by atoms with Gasteiger partial charge in [-0.05, 0) is 49.6 Å². The van der Waals surface area contributed by atoms with Gasteiger partial charge in [-0.3, -0.25) is 19.3 Å². The molecule has 0 bridgehead atoms. The van der Waals surface area contributed by atoms with Gasteiger partial charge in [0.1, 0.15) is 0 Å². The maximum Gasteiger partial charge on any atom is 0.338 e. The lowest BCUT2D eigenvalue weighted by Crippen LogP contribution is -2.51. The number of esters is 1. The topological polar surface area (TPSA) is 99.3 Å². The number of piperazine rings is 1. The van der Waals surface area contributed by atoms with E-state index in [0.29, 0.717) is 50.4 Å². The number of para-hydroxylation sites is 1. The van der Waals surface area contributed by atoms with E-state index in [1.807, 2.05) is 36.9 Å². The number of ether oxygens (including phenoxy) is 1. The van der Waals surface area contributed by atoms with Gasteiger partial charge in [-0.25, -0.2) is 4.79 Å². The molecule has 2 aliphatic rings. The van der Waals surface area contributed by atoms with Crippen molar-refractivity contribution in [3.05, 3.63) is 59.2 Å². The van der Waals surface area contributed by atoms with E-state index < -0.39 is 5.97 Å². The molecule has 0 radical (unpaired) electrons. The molecule has 9 heteroatoms. The van der Waals surface area contributed by atoms with Gasteiger partial charge >= 0.3 is 5.97 Å². The number of hydrogen-bond acceptors (Lipinski definition) is 6. The van der Waals surface area contributed by atoms with E-state index in [1.54, 1.807) is 34.1 Å². The minimum absolute atomic E-state index is 0.0395. The van der Waals surface area contributed by atoms with E-state index >= 15 is 0 Å². The van der Waals surface area contributed by atoms with Crippen LogP contribution in [0.25, 0.3) is 0 Å². The summed E-state index contributed by atoms with van der Waals surface area (Å²) in [5.41, 5.74) is 3.85. The lowest BCUT2D eigenvalue weighted by molar-refractivity contribution is -0.136. The molecular formula is C27H32N4O5. The summed E-state index contributed by atoms with van der Waals surface area (Å²) in [5.74, 6) is -0.913. The van der Waals surface area contributed by atoms with Gasteiger partial charge in [0.25, 0.3) is 5.91 Å². The van der Waals surface area contributed by atoms with E-state index in [9.17, 15) is 19.2 Å². The first kappa shape index (κ1) is 25.4. The summed E-state index contributed by atoms with van der Waals surface area (Å²) < 4.78 is 5.26. The van der Waals surface area contributed by atoms with E-state index in [2.05, 4.69) is 5.32 Å². The van der Waals surface area contributed by atoms with Gasteiger partial charge in [-0.15, -0.1) is 0 Å². The summed E-state index contributed by atoms with van der Waals surface area (Å²) >= 11 is 0. The number of carbonyl (C=O) groups is 4. The lowest BCUT2D eigenvalue weighted by atomic mass is 10.1. The molecule has 0 spiro atoms. The second-order valence-corrected chi connectivity index (χ2v) is 9.25. The monoisotopic (exact) mass is 492 g/mol. The molecule has 0 aliphatic carbocycles. The Balaban J connectivity index is 1.21. The van der Waals surface area contributed by atoms with Crippen LogP contribution in [-0.2, 0) is 19.1 Å². The summed E-state index contributed by atoms with van der Waals surface area (Å²) in [6, 6.07) is 12.6. The van der Waals surface area contributed by atoms with Gasteiger partial charge in [0.2, 0.25) is 11.8 Å². The minimum Gasteiger partial charge on any atom is -0.452 e. The number of amides is 3. The fourth-order valence-corrected chi connectivity index (χ4v) is 4.57. The highest BCUT2D eigenvalue weighted by atomic mass is 16.5. The van der Waals surface area contributed by atoms with Crippen molar-refractivity contribution in [1.82, 2.24) is 9.80 Å². The zero-order valence-electron chi connectivity index (χ0n) is 20.8. The Bertz CT molecular complexity index is 1140. The van der Waals surface area contributed by atoms with Crippen LogP contribution in [0.5, 0.6) is 0 Å². The molecule has 2 fully saturated rings. The average molecular weight is 493 g/mol. The van der Waals surface area contributed by atoms with Crippen LogP contribution < -0.4 is 10.2 Å². The van der Waals surface area contributed by atoms with Crippen LogP contribution in [0.2, 0.25) is 0 Å². The Morgan fingerprint density at radius 3 is 2.31 bits per heavy atom. The maximum atomic E-state index is 12.6. The molecule has 2 aromatic rings. The van der Waals surface area contributed by atoms with E-state index in [-0.39, 0.29) is 30.9 Å². The predicted octanol–water partition coefficient (Wildman–Crippen LogP) is 2.37. The number of rotatable bonds is 7. The number of aryl methyl sites for hydroxylation is 2. The molecule has 2 aliphatic heterocycles. The van der Waals surface area contributed by atoms with E-state index in [0.717, 1.165) is 23.2 Å². The standard InChI is InChI=1S/C27H32N4O5/c1-19-6-3-7-20(2)26(19)28-23(32)17-29-12-14-30(15-13-29)25(34)18-36-27(35)21-8-4-9-22(16-21)31-11-5-10-24(31)33/h3-4,6-9,16H,5,10-15,17-18H2,1-2H3,(H,28,32).